The van der Waals surface area contributed by atoms with Crippen molar-refractivity contribution in [3.05, 3.63) is 101 Å². The molecule has 3 aromatic carbocycles. The molecule has 34 heavy (non-hydrogen) atoms. The highest BCUT2D eigenvalue weighted by atomic mass is 35.5. The summed E-state index contributed by atoms with van der Waals surface area (Å²) in [4.78, 5) is 32.1. The Labute approximate surface area is 202 Å². The summed E-state index contributed by atoms with van der Waals surface area (Å²) in [6.45, 7) is -0.391. The maximum absolute atomic E-state index is 13.6. The van der Waals surface area contributed by atoms with E-state index >= 15 is 0 Å². The van der Waals surface area contributed by atoms with Crippen LogP contribution in [-0.2, 0) is 9.59 Å². The highest BCUT2D eigenvalue weighted by molar-refractivity contribution is 7.22. The fourth-order valence-electron chi connectivity index (χ4n) is 3.78. The zero-order valence-electron chi connectivity index (χ0n) is 17.4. The molecule has 0 saturated heterocycles. The summed E-state index contributed by atoms with van der Waals surface area (Å²) in [7, 11) is 0. The summed E-state index contributed by atoms with van der Waals surface area (Å²) in [6.07, 6.45) is 0. The van der Waals surface area contributed by atoms with E-state index in [0.717, 1.165) is 4.70 Å². The molecule has 9 heteroatoms. The number of hydrogen-bond acceptors (Lipinski definition) is 6. The number of para-hydroxylation sites is 1. The van der Waals surface area contributed by atoms with Crippen LogP contribution in [0.4, 0.5) is 9.52 Å². The van der Waals surface area contributed by atoms with E-state index in [0.29, 0.717) is 21.9 Å². The van der Waals surface area contributed by atoms with E-state index in [-0.39, 0.29) is 10.7 Å². The van der Waals surface area contributed by atoms with Crippen molar-refractivity contribution in [3.63, 3.8) is 0 Å². The Balaban J connectivity index is 1.55. The van der Waals surface area contributed by atoms with Crippen molar-refractivity contribution in [1.82, 2.24) is 4.98 Å². The number of fused-ring (bicyclic) bond motifs is 1. The number of anilines is 1. The first kappa shape index (κ1) is 22.1. The average Bonchev–Trinajstić information content (AvgIpc) is 3.36. The number of ether oxygens (including phenoxy) is 1. The summed E-state index contributed by atoms with van der Waals surface area (Å²) in [6, 6.07) is 18.2. The molecule has 0 aliphatic carbocycles. The van der Waals surface area contributed by atoms with E-state index in [1.54, 1.807) is 42.5 Å². The molecule has 170 valence electrons. The summed E-state index contributed by atoms with van der Waals surface area (Å²) in [5, 5.41) is 11.5. The molecule has 0 spiro atoms. The quantitative estimate of drug-likeness (QED) is 0.375. The molecule has 0 saturated carbocycles. The minimum Gasteiger partial charge on any atom is -0.503 e. The third-order valence-corrected chi connectivity index (χ3v) is 6.61. The molecular weight excluding hydrogens is 479 g/mol. The van der Waals surface area contributed by atoms with E-state index in [1.165, 1.54) is 40.5 Å². The van der Waals surface area contributed by atoms with Crippen molar-refractivity contribution in [1.29, 1.82) is 0 Å². The number of aliphatic hydroxyl groups is 1. The van der Waals surface area contributed by atoms with Gasteiger partial charge < -0.3 is 9.84 Å². The molecule has 1 aromatic heterocycles. The number of aromatic nitrogens is 1. The number of aliphatic hydroxyl groups excluding tert-OH is 1. The summed E-state index contributed by atoms with van der Waals surface area (Å²) < 4.78 is 19.9. The predicted octanol–water partition coefficient (Wildman–Crippen LogP) is 5.64. The maximum Gasteiger partial charge on any atom is 0.296 e. The lowest BCUT2D eigenvalue weighted by atomic mass is 9.96. The first-order chi connectivity index (χ1) is 16.4. The highest BCUT2D eigenvalue weighted by Gasteiger charge is 2.45. The Morgan fingerprint density at radius 3 is 2.59 bits per heavy atom. The average molecular weight is 495 g/mol. The lowest BCUT2D eigenvalue weighted by Crippen LogP contribution is -2.31. The van der Waals surface area contributed by atoms with Crippen LogP contribution in [0.1, 0.15) is 11.6 Å². The molecule has 1 aliphatic heterocycles. The van der Waals surface area contributed by atoms with Gasteiger partial charge in [-0.1, -0.05) is 53.3 Å². The van der Waals surface area contributed by atoms with Crippen LogP contribution in [0.5, 0.6) is 5.75 Å². The molecule has 2 heterocycles. The fraction of sp³-hybridized carbons (Fsp3) is 0.0800. The Bertz CT molecular complexity index is 1440. The number of halogens is 2. The van der Waals surface area contributed by atoms with Crippen LogP contribution in [0.3, 0.4) is 0 Å². The largest absolute Gasteiger partial charge is 0.503 e. The van der Waals surface area contributed by atoms with Crippen molar-refractivity contribution >= 4 is 50.0 Å². The van der Waals surface area contributed by atoms with Gasteiger partial charge in [0.25, 0.3) is 5.91 Å². The van der Waals surface area contributed by atoms with Crippen LogP contribution in [0.15, 0.2) is 84.1 Å². The first-order valence-electron chi connectivity index (χ1n) is 10.2. The fourth-order valence-corrected chi connectivity index (χ4v) is 5.05. The van der Waals surface area contributed by atoms with Gasteiger partial charge in [0.05, 0.1) is 21.8 Å². The second kappa shape index (κ2) is 8.89. The van der Waals surface area contributed by atoms with Crippen LogP contribution in [0.25, 0.3) is 10.2 Å². The highest BCUT2D eigenvalue weighted by Crippen LogP contribution is 2.43. The lowest BCUT2D eigenvalue weighted by molar-refractivity contribution is -0.119. The van der Waals surface area contributed by atoms with Crippen molar-refractivity contribution < 1.29 is 23.8 Å². The Morgan fingerprint density at radius 1 is 1.12 bits per heavy atom. The SMILES string of the molecule is O=C(COc1ccccc1)C1=C(O)C(=O)N(c2nc3ccc(Cl)cc3s2)C1c1ccc(F)cc1. The van der Waals surface area contributed by atoms with Gasteiger partial charge in [0.2, 0.25) is 5.78 Å². The van der Waals surface area contributed by atoms with Crippen molar-refractivity contribution in [2.24, 2.45) is 0 Å². The number of hydrogen-bond donors (Lipinski definition) is 1. The molecule has 4 aromatic rings. The number of carbonyl (C=O) groups is 2. The van der Waals surface area contributed by atoms with Gasteiger partial charge >= 0.3 is 0 Å². The molecule has 1 unspecified atom stereocenters. The van der Waals surface area contributed by atoms with Crippen LogP contribution in [0, 0.1) is 5.82 Å². The Hall–Kier alpha value is -3.75. The van der Waals surface area contributed by atoms with Crippen molar-refractivity contribution in [2.75, 3.05) is 11.5 Å². The van der Waals surface area contributed by atoms with E-state index in [9.17, 15) is 19.1 Å². The van der Waals surface area contributed by atoms with Gasteiger partial charge in [-0.05, 0) is 48.0 Å². The van der Waals surface area contributed by atoms with Gasteiger partial charge in [-0.15, -0.1) is 0 Å². The minimum absolute atomic E-state index is 0.134. The number of amides is 1. The zero-order chi connectivity index (χ0) is 23.8. The van der Waals surface area contributed by atoms with Crippen LogP contribution in [-0.4, -0.2) is 28.4 Å². The molecule has 6 nitrogen and oxygen atoms in total. The van der Waals surface area contributed by atoms with E-state index < -0.39 is 35.9 Å². The van der Waals surface area contributed by atoms with Gasteiger partial charge in [0, 0.05) is 5.02 Å². The van der Waals surface area contributed by atoms with E-state index in [4.69, 9.17) is 16.3 Å². The van der Waals surface area contributed by atoms with Crippen LogP contribution in [0.2, 0.25) is 5.02 Å². The Morgan fingerprint density at radius 2 is 1.85 bits per heavy atom. The number of rotatable bonds is 6. The smallest absolute Gasteiger partial charge is 0.296 e. The second-order valence-corrected chi connectivity index (χ2v) is 8.97. The molecule has 1 N–H and O–H groups in total. The summed E-state index contributed by atoms with van der Waals surface area (Å²) in [5.74, 6) is -2.03. The van der Waals surface area contributed by atoms with Gasteiger partial charge in [-0.25, -0.2) is 9.37 Å². The third kappa shape index (κ3) is 4.02. The second-order valence-electron chi connectivity index (χ2n) is 7.52. The Kier molecular flexibility index (Phi) is 5.77. The van der Waals surface area contributed by atoms with Crippen LogP contribution < -0.4 is 9.64 Å². The lowest BCUT2D eigenvalue weighted by Gasteiger charge is -2.24. The van der Waals surface area contributed by atoms with Crippen molar-refractivity contribution in [3.8, 4) is 5.75 Å². The van der Waals surface area contributed by atoms with E-state index in [1.807, 2.05) is 6.07 Å². The van der Waals surface area contributed by atoms with Gasteiger partial charge in [-0.3, -0.25) is 14.5 Å². The predicted molar refractivity (Wildman–Crippen MR) is 128 cm³/mol. The molecule has 1 amide bonds. The van der Waals surface area contributed by atoms with Crippen molar-refractivity contribution in [2.45, 2.75) is 6.04 Å². The van der Waals surface area contributed by atoms with Crippen LogP contribution >= 0.6 is 22.9 Å². The van der Waals surface area contributed by atoms with Gasteiger partial charge in [0.1, 0.15) is 11.6 Å². The monoisotopic (exact) mass is 494 g/mol. The molecule has 5 rings (SSSR count). The number of Topliss-reactive ketones (excluding diaryl/α,β-unsaturated/α-hetero) is 1. The number of nitrogens with zero attached hydrogens (tertiary/aromatic N) is 2. The number of carbonyl (C=O) groups excluding carboxylic acids is 2. The molecule has 1 atom stereocenters. The van der Waals surface area contributed by atoms with E-state index in [2.05, 4.69) is 4.98 Å². The molecule has 0 radical (unpaired) electrons. The third-order valence-electron chi connectivity index (χ3n) is 5.35. The standard InChI is InChI=1S/C25H16ClFN2O4S/c26-15-8-11-18-20(12-15)34-25(28-18)29-22(14-6-9-16(27)10-7-14)21(23(31)24(29)32)19(30)13-33-17-4-2-1-3-5-17/h1-12,22,31H,13H2. The minimum atomic E-state index is -1.00. The topological polar surface area (TPSA) is 79.7 Å². The maximum atomic E-state index is 13.6. The summed E-state index contributed by atoms with van der Waals surface area (Å²) >= 11 is 7.28. The van der Waals surface area contributed by atoms with Gasteiger partial charge in [0.15, 0.2) is 17.5 Å². The molecule has 0 fully saturated rings. The van der Waals surface area contributed by atoms with Gasteiger partial charge in [-0.2, -0.15) is 0 Å². The number of thiazole rings is 1. The molecular formula is C25H16ClFN2O4S. The molecule has 0 bridgehead atoms. The number of benzene rings is 3. The molecule has 1 aliphatic rings. The number of ketones is 1. The summed E-state index contributed by atoms with van der Waals surface area (Å²) in [5.41, 5.74) is 0.922. The first-order valence-corrected chi connectivity index (χ1v) is 11.4. The normalized spacial score (nSPS) is 15.9. The zero-order valence-corrected chi connectivity index (χ0v) is 19.0.